The highest BCUT2D eigenvalue weighted by molar-refractivity contribution is 6.07. The van der Waals surface area contributed by atoms with Crippen LogP contribution in [-0.4, -0.2) is 12.9 Å². The van der Waals surface area contributed by atoms with E-state index in [0.717, 1.165) is 23.3 Å². The molecule has 0 unspecified atom stereocenters. The minimum Gasteiger partial charge on any atom is -0.496 e. The fraction of sp³-hybridized carbons (Fsp3) is 0.211. The topological polar surface area (TPSA) is 26.3 Å². The first-order chi connectivity index (χ1) is 11.2. The van der Waals surface area contributed by atoms with Gasteiger partial charge in [-0.25, -0.2) is 0 Å². The number of aryl methyl sites for hydroxylation is 1. The van der Waals surface area contributed by atoms with Gasteiger partial charge in [0.15, 0.2) is 5.78 Å². The van der Waals surface area contributed by atoms with E-state index in [1.54, 1.807) is 12.1 Å². The molecule has 0 saturated heterocycles. The molecular formula is C19H17F3O2. The second-order valence-electron chi connectivity index (χ2n) is 5.44. The largest absolute Gasteiger partial charge is 0.496 e. The van der Waals surface area contributed by atoms with Gasteiger partial charge in [-0.3, -0.25) is 4.79 Å². The predicted octanol–water partition coefficient (Wildman–Crippen LogP) is 5.23. The Kier molecular flexibility index (Phi) is 5.12. The summed E-state index contributed by atoms with van der Waals surface area (Å²) in [5, 5.41) is 0. The molecule has 0 spiro atoms. The van der Waals surface area contributed by atoms with E-state index >= 15 is 0 Å². The normalized spacial score (nSPS) is 11.8. The second kappa shape index (κ2) is 6.91. The lowest BCUT2D eigenvalue weighted by atomic mass is 10.0. The van der Waals surface area contributed by atoms with Crippen molar-refractivity contribution < 1.29 is 22.7 Å². The molecule has 0 bridgehead atoms. The van der Waals surface area contributed by atoms with E-state index in [9.17, 15) is 18.0 Å². The molecule has 2 aromatic carbocycles. The zero-order chi connectivity index (χ0) is 17.9. The lowest BCUT2D eigenvalue weighted by molar-refractivity contribution is -0.137. The molecule has 0 amide bonds. The summed E-state index contributed by atoms with van der Waals surface area (Å²) in [4.78, 5) is 12.3. The first-order valence-corrected chi connectivity index (χ1v) is 7.27. The Hall–Kier alpha value is -2.56. The van der Waals surface area contributed by atoms with Crippen molar-refractivity contribution in [2.45, 2.75) is 20.0 Å². The number of alkyl halides is 3. The number of methoxy groups -OCH3 is 1. The molecule has 2 aromatic rings. The second-order valence-corrected chi connectivity index (χ2v) is 5.44. The molecule has 0 aliphatic rings. The summed E-state index contributed by atoms with van der Waals surface area (Å²) in [6, 6.07) is 8.05. The van der Waals surface area contributed by atoms with E-state index in [0.29, 0.717) is 16.9 Å². The zero-order valence-corrected chi connectivity index (χ0v) is 13.6. The maximum Gasteiger partial charge on any atom is 0.416 e. The molecule has 0 aliphatic carbocycles. The number of ether oxygens (including phenoxy) is 1. The van der Waals surface area contributed by atoms with Crippen molar-refractivity contribution >= 4 is 11.9 Å². The molecule has 0 atom stereocenters. The van der Waals surface area contributed by atoms with Crippen LogP contribution in [0.5, 0.6) is 5.75 Å². The van der Waals surface area contributed by atoms with Crippen LogP contribution in [0.4, 0.5) is 13.2 Å². The van der Waals surface area contributed by atoms with Crippen molar-refractivity contribution in [3.8, 4) is 5.75 Å². The van der Waals surface area contributed by atoms with Gasteiger partial charge in [0.1, 0.15) is 5.75 Å². The fourth-order valence-electron chi connectivity index (χ4n) is 2.23. The average molecular weight is 334 g/mol. The molecule has 0 N–H and O–H groups in total. The number of benzene rings is 2. The van der Waals surface area contributed by atoms with Crippen LogP contribution in [0.3, 0.4) is 0 Å². The summed E-state index contributed by atoms with van der Waals surface area (Å²) in [5.41, 5.74) is 2.16. The van der Waals surface area contributed by atoms with Crippen molar-refractivity contribution in [1.29, 1.82) is 0 Å². The molecule has 5 heteroatoms. The monoisotopic (exact) mass is 334 g/mol. The first-order valence-electron chi connectivity index (χ1n) is 7.27. The van der Waals surface area contributed by atoms with Gasteiger partial charge in [0.05, 0.1) is 12.7 Å². The van der Waals surface area contributed by atoms with E-state index < -0.39 is 11.7 Å². The van der Waals surface area contributed by atoms with Crippen molar-refractivity contribution in [3.05, 3.63) is 70.3 Å². The molecule has 0 radical (unpaired) electrons. The lowest BCUT2D eigenvalue weighted by Gasteiger charge is -2.09. The molecule has 0 aromatic heterocycles. The van der Waals surface area contributed by atoms with Crippen LogP contribution in [0, 0.1) is 13.8 Å². The van der Waals surface area contributed by atoms with Crippen LogP contribution < -0.4 is 4.74 Å². The van der Waals surface area contributed by atoms with Crippen LogP contribution in [-0.2, 0) is 6.18 Å². The smallest absolute Gasteiger partial charge is 0.416 e. The number of ketones is 1. The summed E-state index contributed by atoms with van der Waals surface area (Å²) >= 11 is 0. The zero-order valence-electron chi connectivity index (χ0n) is 13.6. The van der Waals surface area contributed by atoms with Gasteiger partial charge < -0.3 is 4.74 Å². The maximum atomic E-state index is 12.5. The van der Waals surface area contributed by atoms with Crippen molar-refractivity contribution in [2.24, 2.45) is 0 Å². The number of allylic oxidation sites excluding steroid dienone is 1. The van der Waals surface area contributed by atoms with Crippen LogP contribution in [0.25, 0.3) is 6.08 Å². The highest BCUT2D eigenvalue weighted by atomic mass is 19.4. The summed E-state index contributed by atoms with van der Waals surface area (Å²) in [6.07, 6.45) is -1.54. The quantitative estimate of drug-likeness (QED) is 0.565. The highest BCUT2D eigenvalue weighted by Gasteiger charge is 2.29. The molecule has 0 saturated carbocycles. The number of hydrogen-bond acceptors (Lipinski definition) is 2. The number of carbonyl (C=O) groups excluding carboxylic acids is 1. The molecule has 0 fully saturated rings. The molecule has 0 aliphatic heterocycles. The molecule has 2 nitrogen and oxygen atoms in total. The van der Waals surface area contributed by atoms with Gasteiger partial charge in [0.25, 0.3) is 0 Å². The van der Waals surface area contributed by atoms with Crippen molar-refractivity contribution in [2.75, 3.05) is 7.11 Å². The standard InChI is InChI=1S/C19H17F3O2/c1-12-10-15(11-18(24-3)13(12)2)17(23)9-6-14-4-7-16(8-5-14)19(20,21)22/h4-11H,1-3H3/b9-6+. The Balaban J connectivity index is 2.20. The molecule has 2 rings (SSSR count). The van der Waals surface area contributed by atoms with E-state index in [1.165, 1.54) is 31.4 Å². The van der Waals surface area contributed by atoms with Crippen LogP contribution >= 0.6 is 0 Å². The third kappa shape index (κ3) is 4.04. The van der Waals surface area contributed by atoms with Gasteiger partial charge in [-0.05, 0) is 60.9 Å². The Morgan fingerprint density at radius 1 is 1.08 bits per heavy atom. The van der Waals surface area contributed by atoms with Gasteiger partial charge in [-0.1, -0.05) is 18.2 Å². The summed E-state index contributed by atoms with van der Waals surface area (Å²) < 4.78 is 42.8. The molecule has 126 valence electrons. The molecule has 0 heterocycles. The average Bonchev–Trinajstić information content (AvgIpc) is 2.54. The van der Waals surface area contributed by atoms with Gasteiger partial charge in [-0.15, -0.1) is 0 Å². The minimum atomic E-state index is -4.37. The van der Waals surface area contributed by atoms with Crippen molar-refractivity contribution in [3.63, 3.8) is 0 Å². The Morgan fingerprint density at radius 3 is 2.25 bits per heavy atom. The van der Waals surface area contributed by atoms with Crippen molar-refractivity contribution in [1.82, 2.24) is 0 Å². The number of hydrogen-bond donors (Lipinski definition) is 0. The summed E-state index contributed by atoms with van der Waals surface area (Å²) in [5.74, 6) is 0.387. The third-order valence-corrected chi connectivity index (χ3v) is 3.79. The highest BCUT2D eigenvalue weighted by Crippen LogP contribution is 2.29. The Morgan fingerprint density at radius 2 is 1.71 bits per heavy atom. The van der Waals surface area contributed by atoms with E-state index in [-0.39, 0.29) is 5.78 Å². The SMILES string of the molecule is COc1cc(C(=O)/C=C/c2ccc(C(F)(F)F)cc2)cc(C)c1C. The minimum absolute atomic E-state index is 0.240. The van der Waals surface area contributed by atoms with Gasteiger partial charge in [0.2, 0.25) is 0 Å². The lowest BCUT2D eigenvalue weighted by Crippen LogP contribution is -2.04. The van der Waals surface area contributed by atoms with Crippen LogP contribution in [0.2, 0.25) is 0 Å². The Bertz CT molecular complexity index is 772. The number of halogens is 3. The van der Waals surface area contributed by atoms with E-state index in [4.69, 9.17) is 4.74 Å². The third-order valence-electron chi connectivity index (χ3n) is 3.79. The van der Waals surface area contributed by atoms with Gasteiger partial charge in [0, 0.05) is 5.56 Å². The van der Waals surface area contributed by atoms with E-state index in [2.05, 4.69) is 0 Å². The van der Waals surface area contributed by atoms with Crippen LogP contribution in [0.15, 0.2) is 42.5 Å². The van der Waals surface area contributed by atoms with E-state index in [1.807, 2.05) is 13.8 Å². The van der Waals surface area contributed by atoms with Gasteiger partial charge in [-0.2, -0.15) is 13.2 Å². The predicted molar refractivity (Wildman–Crippen MR) is 87.3 cm³/mol. The number of carbonyl (C=O) groups is 1. The van der Waals surface area contributed by atoms with Gasteiger partial charge >= 0.3 is 6.18 Å². The fourth-order valence-corrected chi connectivity index (χ4v) is 2.23. The van der Waals surface area contributed by atoms with Crippen LogP contribution in [0.1, 0.15) is 32.6 Å². The maximum absolute atomic E-state index is 12.5. The first kappa shape index (κ1) is 17.8. The summed E-state index contributed by atoms with van der Waals surface area (Å²) in [6.45, 7) is 3.79. The Labute approximate surface area is 138 Å². The summed E-state index contributed by atoms with van der Waals surface area (Å²) in [7, 11) is 1.54. The molecular weight excluding hydrogens is 317 g/mol. The number of rotatable bonds is 4. The molecule has 24 heavy (non-hydrogen) atoms.